The molecule has 1 saturated heterocycles. The summed E-state index contributed by atoms with van der Waals surface area (Å²) in [7, 11) is 0. The molecular formula is C13H12FNO4. The van der Waals surface area contributed by atoms with Gasteiger partial charge in [-0.25, -0.2) is 9.18 Å². The van der Waals surface area contributed by atoms with Crippen molar-refractivity contribution >= 4 is 17.7 Å². The number of carboxylic acid groups (broad SMARTS) is 1. The van der Waals surface area contributed by atoms with Crippen LogP contribution < -0.4 is 0 Å². The number of amides is 1. The first-order valence-electron chi connectivity index (χ1n) is 5.76. The Morgan fingerprint density at radius 3 is 2.58 bits per heavy atom. The molecule has 1 atom stereocenters. The normalized spacial score (nSPS) is 16.8. The smallest absolute Gasteiger partial charge is 0.326 e. The minimum atomic E-state index is -1.24. The van der Waals surface area contributed by atoms with Crippen molar-refractivity contribution in [2.24, 2.45) is 0 Å². The number of ketones is 1. The maximum absolute atomic E-state index is 13.5. The van der Waals surface area contributed by atoms with Crippen LogP contribution in [0.2, 0.25) is 0 Å². The Balaban J connectivity index is 2.22. The maximum atomic E-state index is 13.5. The van der Waals surface area contributed by atoms with Crippen LogP contribution in [0.3, 0.4) is 0 Å². The summed E-state index contributed by atoms with van der Waals surface area (Å²) in [6.45, 7) is -0.218. The predicted molar refractivity (Wildman–Crippen MR) is 62.9 cm³/mol. The Morgan fingerprint density at radius 2 is 2.05 bits per heavy atom. The largest absolute Gasteiger partial charge is 0.480 e. The van der Waals surface area contributed by atoms with Crippen LogP contribution in [0.4, 0.5) is 4.39 Å². The molecule has 6 heteroatoms. The first-order valence-corrected chi connectivity index (χ1v) is 5.76. The number of rotatable bonds is 4. The molecule has 1 aromatic rings. The Kier molecular flexibility index (Phi) is 3.59. The first-order chi connectivity index (χ1) is 8.99. The van der Waals surface area contributed by atoms with Crippen molar-refractivity contribution in [1.82, 2.24) is 4.90 Å². The van der Waals surface area contributed by atoms with E-state index >= 15 is 0 Å². The monoisotopic (exact) mass is 265 g/mol. The van der Waals surface area contributed by atoms with Crippen LogP contribution in [0.25, 0.3) is 0 Å². The van der Waals surface area contributed by atoms with E-state index in [1.807, 2.05) is 0 Å². The quantitative estimate of drug-likeness (QED) is 0.810. The summed E-state index contributed by atoms with van der Waals surface area (Å²) in [6.07, 6.45) is -0.428. The fourth-order valence-corrected chi connectivity index (χ4v) is 2.09. The number of Topliss-reactive ketones (excluding diaryl/α,β-unsaturated/α-hetero) is 1. The molecule has 0 unspecified atom stereocenters. The molecule has 0 radical (unpaired) electrons. The number of benzene rings is 1. The van der Waals surface area contributed by atoms with Gasteiger partial charge in [0.05, 0.1) is 13.0 Å². The second kappa shape index (κ2) is 5.17. The van der Waals surface area contributed by atoms with Crippen LogP contribution in [0.1, 0.15) is 12.0 Å². The van der Waals surface area contributed by atoms with Gasteiger partial charge in [0, 0.05) is 6.42 Å². The third-order valence-electron chi connectivity index (χ3n) is 3.05. The molecule has 1 aromatic carbocycles. The molecule has 0 aromatic heterocycles. The number of hydrogen-bond donors (Lipinski definition) is 1. The number of halogens is 1. The van der Waals surface area contributed by atoms with Crippen molar-refractivity contribution < 1.29 is 23.9 Å². The van der Waals surface area contributed by atoms with Crippen LogP contribution >= 0.6 is 0 Å². The lowest BCUT2D eigenvalue weighted by molar-refractivity contribution is -0.148. The van der Waals surface area contributed by atoms with Gasteiger partial charge in [-0.15, -0.1) is 0 Å². The molecule has 100 valence electrons. The lowest BCUT2D eigenvalue weighted by Gasteiger charge is -2.23. The summed E-state index contributed by atoms with van der Waals surface area (Å²) in [5.41, 5.74) is 0.210. The van der Waals surface area contributed by atoms with Crippen molar-refractivity contribution in [2.75, 3.05) is 6.54 Å². The van der Waals surface area contributed by atoms with Crippen LogP contribution in [-0.2, 0) is 20.8 Å². The average molecular weight is 265 g/mol. The second-order valence-corrected chi connectivity index (χ2v) is 4.39. The summed E-state index contributed by atoms with van der Waals surface area (Å²) in [5, 5.41) is 9.16. The molecule has 0 spiro atoms. The highest BCUT2D eigenvalue weighted by Crippen LogP contribution is 2.17. The summed E-state index contributed by atoms with van der Waals surface area (Å²) in [4.78, 5) is 35.0. The number of aliphatic carboxylic acids is 1. The van der Waals surface area contributed by atoms with Crippen LogP contribution in [0, 0.1) is 5.82 Å². The number of carbonyl (C=O) groups excluding carboxylic acids is 2. The van der Waals surface area contributed by atoms with Crippen molar-refractivity contribution in [3.05, 3.63) is 35.6 Å². The molecule has 0 bridgehead atoms. The van der Waals surface area contributed by atoms with E-state index in [2.05, 4.69) is 0 Å². The Bertz CT molecular complexity index is 543. The highest BCUT2D eigenvalue weighted by Gasteiger charge is 2.37. The van der Waals surface area contributed by atoms with Crippen molar-refractivity contribution in [3.63, 3.8) is 0 Å². The number of nitrogens with zero attached hydrogens (tertiary/aromatic N) is 1. The molecule has 0 aliphatic carbocycles. The zero-order valence-corrected chi connectivity index (χ0v) is 10.0. The lowest BCUT2D eigenvalue weighted by atomic mass is 10.0. The summed E-state index contributed by atoms with van der Waals surface area (Å²) in [5.74, 6) is -2.60. The molecule has 19 heavy (non-hydrogen) atoms. The van der Waals surface area contributed by atoms with Crippen molar-refractivity contribution in [1.29, 1.82) is 0 Å². The van der Waals surface area contributed by atoms with E-state index < -0.39 is 23.7 Å². The fourth-order valence-electron chi connectivity index (χ4n) is 2.09. The third-order valence-corrected chi connectivity index (χ3v) is 3.05. The van der Waals surface area contributed by atoms with E-state index in [4.69, 9.17) is 5.11 Å². The average Bonchev–Trinajstić information content (AvgIpc) is 2.67. The Labute approximate surface area is 108 Å². The van der Waals surface area contributed by atoms with Gasteiger partial charge in [-0.1, -0.05) is 18.2 Å². The van der Waals surface area contributed by atoms with Gasteiger partial charge >= 0.3 is 5.97 Å². The highest BCUT2D eigenvalue weighted by molar-refractivity contribution is 6.06. The Morgan fingerprint density at radius 1 is 1.37 bits per heavy atom. The van der Waals surface area contributed by atoms with E-state index in [-0.39, 0.29) is 30.7 Å². The van der Waals surface area contributed by atoms with Crippen LogP contribution in [0.15, 0.2) is 24.3 Å². The molecule has 1 fully saturated rings. The van der Waals surface area contributed by atoms with E-state index in [0.29, 0.717) is 0 Å². The summed E-state index contributed by atoms with van der Waals surface area (Å²) >= 11 is 0. The van der Waals surface area contributed by atoms with Gasteiger partial charge < -0.3 is 10.0 Å². The van der Waals surface area contributed by atoms with Gasteiger partial charge in [0.1, 0.15) is 11.9 Å². The molecule has 1 aliphatic heterocycles. The van der Waals surface area contributed by atoms with E-state index in [1.54, 1.807) is 6.07 Å². The molecule has 2 rings (SSSR count). The van der Waals surface area contributed by atoms with E-state index in [0.717, 1.165) is 4.90 Å². The minimum Gasteiger partial charge on any atom is -0.480 e. The highest BCUT2D eigenvalue weighted by atomic mass is 19.1. The zero-order chi connectivity index (χ0) is 14.0. The number of carboxylic acids is 1. The molecule has 5 nitrogen and oxygen atoms in total. The predicted octanol–water partition coefficient (Wildman–Crippen LogP) is 0.623. The molecule has 1 aliphatic rings. The van der Waals surface area contributed by atoms with Gasteiger partial charge in [-0.3, -0.25) is 9.59 Å². The second-order valence-electron chi connectivity index (χ2n) is 4.39. The van der Waals surface area contributed by atoms with Gasteiger partial charge in [0.2, 0.25) is 5.91 Å². The van der Waals surface area contributed by atoms with E-state index in [9.17, 15) is 18.8 Å². The number of likely N-dealkylation sites (tertiary alicyclic amines) is 1. The molecule has 1 N–H and O–H groups in total. The first kappa shape index (κ1) is 13.2. The van der Waals surface area contributed by atoms with E-state index in [1.165, 1.54) is 18.2 Å². The maximum Gasteiger partial charge on any atom is 0.326 e. The topological polar surface area (TPSA) is 74.7 Å². The van der Waals surface area contributed by atoms with Crippen LogP contribution in [-0.4, -0.2) is 40.3 Å². The standard InChI is InChI=1S/C13H12FNO4/c14-10-4-2-1-3-8(10)5-11(13(18)19)15-7-9(16)6-12(15)17/h1-4,11H,5-7H2,(H,18,19)/t11-/m1/s1. The minimum absolute atomic E-state index is 0.152. The lowest BCUT2D eigenvalue weighted by Crippen LogP contribution is -2.43. The number of carbonyl (C=O) groups is 3. The van der Waals surface area contributed by atoms with Gasteiger partial charge in [0.15, 0.2) is 5.78 Å². The van der Waals surface area contributed by atoms with Gasteiger partial charge in [-0.05, 0) is 11.6 Å². The van der Waals surface area contributed by atoms with Gasteiger partial charge in [-0.2, -0.15) is 0 Å². The zero-order valence-electron chi connectivity index (χ0n) is 10.0. The summed E-state index contributed by atoms with van der Waals surface area (Å²) in [6, 6.07) is 4.57. The molecule has 0 saturated carbocycles. The number of hydrogen-bond acceptors (Lipinski definition) is 3. The SMILES string of the molecule is O=C1CC(=O)N([C@H](Cc2ccccc2F)C(=O)O)C1. The Hall–Kier alpha value is -2.24. The third kappa shape index (κ3) is 2.78. The molecule has 1 heterocycles. The van der Waals surface area contributed by atoms with Crippen LogP contribution in [0.5, 0.6) is 0 Å². The molecule has 1 amide bonds. The van der Waals surface area contributed by atoms with Crippen molar-refractivity contribution in [3.8, 4) is 0 Å². The van der Waals surface area contributed by atoms with Crippen molar-refractivity contribution in [2.45, 2.75) is 18.9 Å². The van der Waals surface area contributed by atoms with Gasteiger partial charge in [0.25, 0.3) is 0 Å². The fraction of sp³-hybridized carbons (Fsp3) is 0.308. The summed E-state index contributed by atoms with van der Waals surface area (Å²) < 4.78 is 13.5. The molecular weight excluding hydrogens is 253 g/mol.